The highest BCUT2D eigenvalue weighted by molar-refractivity contribution is 6.66. The maximum atomic E-state index is 10.2. The van der Waals surface area contributed by atoms with E-state index in [1.165, 1.54) is 0 Å². The summed E-state index contributed by atoms with van der Waals surface area (Å²) in [5, 5.41) is 22.9. The van der Waals surface area contributed by atoms with Crippen LogP contribution in [0.25, 0.3) is 43.8 Å². The second kappa shape index (κ2) is 7.21. The van der Waals surface area contributed by atoms with Gasteiger partial charge in [0, 0.05) is 0 Å². The molecular formula is C26H19BO2. The molecule has 0 aliphatic rings. The quantitative estimate of drug-likeness (QED) is 0.342. The molecule has 5 rings (SSSR count). The Hall–Kier alpha value is -3.40. The lowest BCUT2D eigenvalue weighted by Crippen LogP contribution is -2.31. The molecule has 0 aliphatic heterocycles. The molecule has 0 spiro atoms. The van der Waals surface area contributed by atoms with Gasteiger partial charge in [0.05, 0.1) is 5.48 Å². The van der Waals surface area contributed by atoms with Gasteiger partial charge < -0.3 is 10.0 Å². The van der Waals surface area contributed by atoms with Crippen LogP contribution in [0.4, 0.5) is 0 Å². The average molecular weight is 378 g/mol. The normalized spacial score (nSPS) is 13.0. The van der Waals surface area contributed by atoms with Gasteiger partial charge in [-0.05, 0) is 55.3 Å². The fourth-order valence-corrected chi connectivity index (χ4v) is 3.93. The summed E-state index contributed by atoms with van der Waals surface area (Å²) in [5.74, 6) is 0. The van der Waals surface area contributed by atoms with Crippen molar-refractivity contribution < 1.29 is 15.5 Å². The van der Waals surface area contributed by atoms with Gasteiger partial charge in [0.1, 0.15) is 0 Å². The molecule has 0 atom stereocenters. The Labute approximate surface area is 175 Å². The summed E-state index contributed by atoms with van der Waals surface area (Å²) in [6.45, 7) is 0. The topological polar surface area (TPSA) is 40.5 Å². The molecule has 0 bridgehead atoms. The van der Waals surface area contributed by atoms with Gasteiger partial charge in [0.2, 0.25) is 0 Å². The molecule has 29 heavy (non-hydrogen) atoms. The number of hydrogen-bond acceptors (Lipinski definition) is 2. The second-order valence-electron chi connectivity index (χ2n) is 6.87. The highest BCUT2D eigenvalue weighted by Crippen LogP contribution is 2.37. The molecule has 2 nitrogen and oxygen atoms in total. The van der Waals surface area contributed by atoms with Crippen molar-refractivity contribution in [1.29, 1.82) is 0 Å². The summed E-state index contributed by atoms with van der Waals surface area (Å²) in [6, 6.07) is 22.9. The lowest BCUT2D eigenvalue weighted by molar-refractivity contribution is 0.426. The molecule has 0 saturated heterocycles. The minimum absolute atomic E-state index is 0.000182. The predicted octanol–water partition coefficient (Wildman–Crippen LogP) is 5.01. The maximum absolute atomic E-state index is 10.2. The van der Waals surface area contributed by atoms with Crippen molar-refractivity contribution in [3.63, 3.8) is 0 Å². The first kappa shape index (κ1) is 13.7. The van der Waals surface area contributed by atoms with E-state index in [0.29, 0.717) is 43.7 Å². The van der Waals surface area contributed by atoms with Crippen LogP contribution in [0.3, 0.4) is 0 Å². The van der Waals surface area contributed by atoms with Crippen LogP contribution in [0, 0.1) is 0 Å². The highest BCUT2D eigenvalue weighted by atomic mass is 16.4. The van der Waals surface area contributed by atoms with Crippen molar-refractivity contribution in [2.24, 2.45) is 0 Å². The molecular weight excluding hydrogens is 355 g/mol. The third-order valence-corrected chi connectivity index (χ3v) is 5.17. The Morgan fingerprint density at radius 3 is 1.69 bits per heavy atom. The van der Waals surface area contributed by atoms with E-state index in [1.807, 2.05) is 42.5 Å². The van der Waals surface area contributed by atoms with Crippen LogP contribution in [0.5, 0.6) is 0 Å². The SMILES string of the molecule is [2H]c1c([2H])c(-c2ccccc2)c([2H])c(-c2c3ccccc3c(B(O)O)c3ccccc23)c1[2H]. The van der Waals surface area contributed by atoms with Crippen molar-refractivity contribution in [3.05, 3.63) is 103 Å². The van der Waals surface area contributed by atoms with E-state index in [9.17, 15) is 10.0 Å². The van der Waals surface area contributed by atoms with Gasteiger partial charge in [-0.1, -0.05) is 97.0 Å². The van der Waals surface area contributed by atoms with E-state index in [0.717, 1.165) is 0 Å². The molecule has 0 fully saturated rings. The summed E-state index contributed by atoms with van der Waals surface area (Å²) < 4.78 is 34.8. The molecule has 5 aromatic rings. The Morgan fingerprint density at radius 1 is 0.586 bits per heavy atom. The second-order valence-corrected chi connectivity index (χ2v) is 6.87. The smallest absolute Gasteiger partial charge is 0.423 e. The van der Waals surface area contributed by atoms with Crippen LogP contribution in [0.1, 0.15) is 5.48 Å². The van der Waals surface area contributed by atoms with E-state index in [2.05, 4.69) is 0 Å². The zero-order valence-electron chi connectivity index (χ0n) is 19.5. The van der Waals surface area contributed by atoms with Crippen molar-refractivity contribution in [2.75, 3.05) is 0 Å². The summed E-state index contributed by atoms with van der Waals surface area (Å²) in [6.07, 6.45) is 0. The third kappa shape index (κ3) is 3.01. The lowest BCUT2D eigenvalue weighted by Gasteiger charge is -2.17. The van der Waals surface area contributed by atoms with Gasteiger partial charge in [-0.25, -0.2) is 0 Å². The average Bonchev–Trinajstić information content (AvgIpc) is 2.83. The van der Waals surface area contributed by atoms with Crippen LogP contribution >= 0.6 is 0 Å². The van der Waals surface area contributed by atoms with Gasteiger partial charge in [-0.15, -0.1) is 0 Å². The van der Waals surface area contributed by atoms with E-state index in [-0.39, 0.29) is 29.7 Å². The summed E-state index contributed by atoms with van der Waals surface area (Å²) in [4.78, 5) is 0. The number of hydrogen-bond donors (Lipinski definition) is 2. The Morgan fingerprint density at radius 2 is 1.10 bits per heavy atom. The maximum Gasteiger partial charge on any atom is 0.489 e. The van der Waals surface area contributed by atoms with Gasteiger partial charge in [0.25, 0.3) is 0 Å². The first-order chi connectivity index (χ1) is 15.9. The summed E-state index contributed by atoms with van der Waals surface area (Å²) >= 11 is 0. The largest absolute Gasteiger partial charge is 0.489 e. The molecule has 0 radical (unpaired) electrons. The summed E-state index contributed by atoms with van der Waals surface area (Å²) in [5.41, 5.74) is 2.12. The first-order valence-electron chi connectivity index (χ1n) is 11.4. The Kier molecular flexibility index (Phi) is 3.41. The number of rotatable bonds is 3. The molecule has 5 aromatic carbocycles. The van der Waals surface area contributed by atoms with E-state index in [1.54, 1.807) is 36.4 Å². The van der Waals surface area contributed by atoms with Gasteiger partial charge in [-0.3, -0.25) is 0 Å². The standard InChI is InChI=1S/C26H19BO2/c28-27(29)26-23-15-6-4-13-21(23)25(22-14-5-7-16-24(22)26)20-12-8-11-19(17-20)18-9-2-1-3-10-18/h1-17,28-29H/i8D,11D,12D,17D. The number of benzene rings is 5. The zero-order valence-corrected chi connectivity index (χ0v) is 15.5. The summed E-state index contributed by atoms with van der Waals surface area (Å²) in [7, 11) is -1.71. The third-order valence-electron chi connectivity index (χ3n) is 5.17. The molecule has 3 heteroatoms. The van der Waals surface area contributed by atoms with Gasteiger partial charge in [-0.2, -0.15) is 0 Å². The van der Waals surface area contributed by atoms with Gasteiger partial charge in [0.15, 0.2) is 0 Å². The zero-order chi connectivity index (χ0) is 23.3. The number of fused-ring (bicyclic) bond motifs is 2. The molecule has 0 aromatic heterocycles. The minimum Gasteiger partial charge on any atom is -0.423 e. The van der Waals surface area contributed by atoms with Crippen LogP contribution in [0.15, 0.2) is 103 Å². The van der Waals surface area contributed by atoms with Crippen LogP contribution in [0.2, 0.25) is 0 Å². The van der Waals surface area contributed by atoms with E-state index < -0.39 is 7.12 Å². The fourth-order valence-electron chi connectivity index (χ4n) is 3.93. The fraction of sp³-hybridized carbons (Fsp3) is 0. The van der Waals surface area contributed by atoms with E-state index in [4.69, 9.17) is 5.48 Å². The molecule has 2 N–H and O–H groups in total. The Bertz CT molecular complexity index is 1480. The van der Waals surface area contributed by atoms with Gasteiger partial charge >= 0.3 is 7.12 Å². The van der Waals surface area contributed by atoms with Crippen LogP contribution in [-0.2, 0) is 0 Å². The molecule has 138 valence electrons. The van der Waals surface area contributed by atoms with Crippen molar-refractivity contribution in [1.82, 2.24) is 0 Å². The van der Waals surface area contributed by atoms with Crippen LogP contribution < -0.4 is 5.46 Å². The lowest BCUT2D eigenvalue weighted by atomic mass is 9.72. The molecule has 0 saturated carbocycles. The molecule has 0 unspecified atom stereocenters. The van der Waals surface area contributed by atoms with Crippen LogP contribution in [-0.4, -0.2) is 17.2 Å². The monoisotopic (exact) mass is 378 g/mol. The predicted molar refractivity (Wildman–Crippen MR) is 122 cm³/mol. The minimum atomic E-state index is -1.71. The molecule has 0 heterocycles. The van der Waals surface area contributed by atoms with E-state index >= 15 is 0 Å². The van der Waals surface area contributed by atoms with Crippen molar-refractivity contribution >= 4 is 34.1 Å². The van der Waals surface area contributed by atoms with Crippen molar-refractivity contribution in [3.8, 4) is 22.3 Å². The molecule has 0 amide bonds. The first-order valence-corrected chi connectivity index (χ1v) is 9.37. The molecule has 0 aliphatic carbocycles. The van der Waals surface area contributed by atoms with Crippen molar-refractivity contribution in [2.45, 2.75) is 0 Å². The Balaban J connectivity index is 2.02. The highest BCUT2D eigenvalue weighted by Gasteiger charge is 2.22.